The second-order valence-corrected chi connectivity index (χ2v) is 8.18. The molecule has 1 saturated heterocycles. The van der Waals surface area contributed by atoms with Crippen LogP contribution in [-0.2, 0) is 0 Å². The summed E-state index contributed by atoms with van der Waals surface area (Å²) in [6.07, 6.45) is 4.89. The molecule has 2 aromatic heterocycles. The highest BCUT2D eigenvalue weighted by atomic mass is 32.2. The second-order valence-electron chi connectivity index (χ2n) is 7.19. The van der Waals surface area contributed by atoms with Crippen LogP contribution >= 0.6 is 11.9 Å². The van der Waals surface area contributed by atoms with Crippen molar-refractivity contribution in [2.24, 2.45) is 5.92 Å². The molecule has 3 heterocycles. The molecule has 162 valence electrons. The number of β-amino-alcohol motifs (C(OH)–C–C–N with tert-alkyl or cyclic N) is 1. The minimum atomic E-state index is -2.82. The molecular formula is C19H25F2N7OS. The van der Waals surface area contributed by atoms with Crippen molar-refractivity contribution in [3.8, 4) is 11.4 Å². The maximum Gasteiger partial charge on any atom is 0.279 e. The van der Waals surface area contributed by atoms with E-state index in [2.05, 4.69) is 29.1 Å². The maximum absolute atomic E-state index is 12.4. The molecule has 0 spiro atoms. The van der Waals surface area contributed by atoms with E-state index in [9.17, 15) is 13.9 Å². The molecule has 1 fully saturated rings. The lowest BCUT2D eigenvalue weighted by molar-refractivity contribution is 0.123. The summed E-state index contributed by atoms with van der Waals surface area (Å²) in [5.41, 5.74) is 0.439. The largest absolute Gasteiger partial charge is 0.391 e. The van der Waals surface area contributed by atoms with Gasteiger partial charge < -0.3 is 15.0 Å². The number of nitrogens with one attached hydrogen (secondary N) is 2. The van der Waals surface area contributed by atoms with Gasteiger partial charge in [0.25, 0.3) is 6.43 Å². The summed E-state index contributed by atoms with van der Waals surface area (Å²) in [5.74, 6) is 1.38. The fraction of sp³-hybridized carbons (Fsp3) is 0.474. The van der Waals surface area contributed by atoms with E-state index in [0.29, 0.717) is 35.5 Å². The fourth-order valence-electron chi connectivity index (χ4n) is 3.39. The lowest BCUT2D eigenvalue weighted by atomic mass is 9.96. The van der Waals surface area contributed by atoms with Gasteiger partial charge in [-0.2, -0.15) is 0 Å². The summed E-state index contributed by atoms with van der Waals surface area (Å²) in [7, 11) is 2.03. The third-order valence-electron chi connectivity index (χ3n) is 4.85. The van der Waals surface area contributed by atoms with Crippen molar-refractivity contribution in [1.29, 1.82) is 5.41 Å². The van der Waals surface area contributed by atoms with Crippen molar-refractivity contribution in [3.05, 3.63) is 30.5 Å². The van der Waals surface area contributed by atoms with E-state index in [1.165, 1.54) is 12.4 Å². The summed E-state index contributed by atoms with van der Waals surface area (Å²) in [5, 5.41) is 17.5. The first-order valence-electron chi connectivity index (χ1n) is 9.46. The summed E-state index contributed by atoms with van der Waals surface area (Å²) in [6, 6.07) is 1.82. The maximum atomic E-state index is 12.4. The molecule has 30 heavy (non-hydrogen) atoms. The lowest BCUT2D eigenvalue weighted by Gasteiger charge is -2.37. The molecule has 2 aromatic rings. The fourth-order valence-corrected chi connectivity index (χ4v) is 3.75. The predicted molar refractivity (Wildman–Crippen MR) is 115 cm³/mol. The molecule has 1 aliphatic heterocycles. The molecule has 0 amide bonds. The molecule has 0 aliphatic carbocycles. The van der Waals surface area contributed by atoms with Gasteiger partial charge in [0.05, 0.1) is 29.4 Å². The Morgan fingerprint density at radius 1 is 1.43 bits per heavy atom. The summed E-state index contributed by atoms with van der Waals surface area (Å²) in [4.78, 5) is 17.8. The standard InChI is InChI=1S/C19H25F2N7OS/c1-27(30-2)8-12-5-13(29)10-28(9-12)18-6-15(24-11-25-18)16-7-23-17(26-16)4-3-14(22)19(20)21/h3-4,6-7,11-13,19,22,29H,5,8-10H2,1-2H3,(H,23,26)/b4-3-,22-14?. The van der Waals surface area contributed by atoms with Crippen LogP contribution in [0, 0.1) is 11.3 Å². The van der Waals surface area contributed by atoms with Gasteiger partial charge in [-0.25, -0.2) is 23.7 Å². The van der Waals surface area contributed by atoms with Crippen molar-refractivity contribution >= 4 is 29.6 Å². The topological polar surface area (TPSA) is 105 Å². The van der Waals surface area contributed by atoms with Gasteiger partial charge in [0.1, 0.15) is 18.0 Å². The number of halogens is 2. The molecule has 2 unspecified atom stereocenters. The molecule has 2 atom stereocenters. The van der Waals surface area contributed by atoms with Crippen LogP contribution in [0.3, 0.4) is 0 Å². The molecule has 3 rings (SSSR count). The van der Waals surface area contributed by atoms with Crippen LogP contribution < -0.4 is 4.90 Å². The zero-order valence-corrected chi connectivity index (χ0v) is 17.6. The van der Waals surface area contributed by atoms with Crippen LogP contribution in [0.25, 0.3) is 17.5 Å². The van der Waals surface area contributed by atoms with E-state index in [1.54, 1.807) is 18.1 Å². The first-order chi connectivity index (χ1) is 14.4. The monoisotopic (exact) mass is 437 g/mol. The van der Waals surface area contributed by atoms with E-state index in [4.69, 9.17) is 5.41 Å². The number of imidazole rings is 1. The van der Waals surface area contributed by atoms with E-state index in [1.807, 2.05) is 19.4 Å². The van der Waals surface area contributed by atoms with Crippen molar-refractivity contribution in [1.82, 2.24) is 24.2 Å². The first kappa shape index (κ1) is 22.3. The number of alkyl halides is 2. The minimum Gasteiger partial charge on any atom is -0.391 e. The molecule has 8 nitrogen and oxygen atoms in total. The number of aromatic nitrogens is 4. The van der Waals surface area contributed by atoms with Crippen molar-refractivity contribution in [2.75, 3.05) is 37.8 Å². The number of aliphatic hydroxyl groups is 1. The molecule has 0 bridgehead atoms. The van der Waals surface area contributed by atoms with Gasteiger partial charge in [0, 0.05) is 25.7 Å². The molecule has 11 heteroatoms. The number of H-pyrrole nitrogens is 1. The van der Waals surface area contributed by atoms with Gasteiger partial charge in [-0.05, 0) is 37.8 Å². The van der Waals surface area contributed by atoms with Gasteiger partial charge in [-0.1, -0.05) is 11.9 Å². The van der Waals surface area contributed by atoms with Crippen LogP contribution in [0.1, 0.15) is 12.2 Å². The van der Waals surface area contributed by atoms with Crippen LogP contribution in [-0.4, -0.2) is 80.5 Å². The summed E-state index contributed by atoms with van der Waals surface area (Å²) in [6.45, 7) is 2.16. The third kappa shape index (κ3) is 5.83. The SMILES string of the molecule is CSN(C)CC1CC(O)CN(c2cc(-c3cnc(/C=C\C(=N)C(F)F)[nH]3)ncn2)C1. The van der Waals surface area contributed by atoms with Crippen LogP contribution in [0.5, 0.6) is 0 Å². The molecule has 3 N–H and O–H groups in total. The third-order valence-corrected chi connectivity index (χ3v) is 5.62. The molecule has 1 aliphatic rings. The van der Waals surface area contributed by atoms with E-state index in [0.717, 1.165) is 25.6 Å². The smallest absolute Gasteiger partial charge is 0.279 e. The zero-order valence-electron chi connectivity index (χ0n) is 16.8. The van der Waals surface area contributed by atoms with Gasteiger partial charge in [0.2, 0.25) is 0 Å². The Balaban J connectivity index is 1.74. The Hall–Kier alpha value is -2.37. The van der Waals surface area contributed by atoms with Crippen LogP contribution in [0.4, 0.5) is 14.6 Å². The summed E-state index contributed by atoms with van der Waals surface area (Å²) >= 11 is 1.66. The highest BCUT2D eigenvalue weighted by molar-refractivity contribution is 7.96. The number of aliphatic hydroxyl groups excluding tert-OH is 1. The number of allylic oxidation sites excluding steroid dienone is 1. The number of rotatable bonds is 8. The zero-order chi connectivity index (χ0) is 21.7. The Labute approximate surface area is 178 Å². The molecule has 0 radical (unpaired) electrons. The number of anilines is 1. The Kier molecular flexibility index (Phi) is 7.51. The Morgan fingerprint density at radius 3 is 2.97 bits per heavy atom. The Bertz CT molecular complexity index is 891. The van der Waals surface area contributed by atoms with Crippen LogP contribution in [0.15, 0.2) is 24.7 Å². The Morgan fingerprint density at radius 2 is 2.23 bits per heavy atom. The average molecular weight is 438 g/mol. The number of hydrogen-bond acceptors (Lipinski definition) is 8. The second kappa shape index (κ2) is 10.1. The number of aromatic amines is 1. The quantitative estimate of drug-likeness (QED) is 0.431. The van der Waals surface area contributed by atoms with E-state index < -0.39 is 18.2 Å². The minimum absolute atomic E-state index is 0.318. The van der Waals surface area contributed by atoms with Crippen molar-refractivity contribution < 1.29 is 13.9 Å². The van der Waals surface area contributed by atoms with E-state index >= 15 is 0 Å². The number of hydrogen-bond donors (Lipinski definition) is 3. The predicted octanol–water partition coefficient (Wildman–Crippen LogP) is 2.56. The van der Waals surface area contributed by atoms with Crippen LogP contribution in [0.2, 0.25) is 0 Å². The molecule has 0 saturated carbocycles. The van der Waals surface area contributed by atoms with Gasteiger partial charge in [-0.3, -0.25) is 9.71 Å². The van der Waals surface area contributed by atoms with E-state index in [-0.39, 0.29) is 0 Å². The van der Waals surface area contributed by atoms with Crippen molar-refractivity contribution in [2.45, 2.75) is 19.0 Å². The van der Waals surface area contributed by atoms with Crippen molar-refractivity contribution in [3.63, 3.8) is 0 Å². The highest BCUT2D eigenvalue weighted by Crippen LogP contribution is 2.26. The summed E-state index contributed by atoms with van der Waals surface area (Å²) < 4.78 is 27.0. The first-order valence-corrected chi connectivity index (χ1v) is 10.6. The lowest BCUT2D eigenvalue weighted by Crippen LogP contribution is -2.46. The van der Waals surface area contributed by atoms with Gasteiger partial charge in [-0.15, -0.1) is 0 Å². The normalized spacial score (nSPS) is 19.9. The van der Waals surface area contributed by atoms with Gasteiger partial charge in [0.15, 0.2) is 0 Å². The molecular weight excluding hydrogens is 412 g/mol. The highest BCUT2D eigenvalue weighted by Gasteiger charge is 2.28. The number of nitrogens with zero attached hydrogens (tertiary/aromatic N) is 5. The molecule has 0 aromatic carbocycles. The van der Waals surface area contributed by atoms with Gasteiger partial charge >= 0.3 is 0 Å². The average Bonchev–Trinajstić information content (AvgIpc) is 3.20. The number of piperidine rings is 1.